The Morgan fingerprint density at radius 3 is 2.05 bits per heavy atom. The summed E-state index contributed by atoms with van der Waals surface area (Å²) in [7, 11) is 0. The molecule has 1 atom stereocenters. The van der Waals surface area contributed by atoms with Gasteiger partial charge in [0.05, 0.1) is 6.04 Å². The lowest BCUT2D eigenvalue weighted by molar-refractivity contribution is -0.117. The third-order valence-electron chi connectivity index (χ3n) is 2.32. The maximum atomic E-state index is 11.9. The molecule has 112 valence electrons. The Kier molecular flexibility index (Phi) is 6.68. The van der Waals surface area contributed by atoms with Crippen LogP contribution in [0, 0.1) is 0 Å². The van der Waals surface area contributed by atoms with Crippen LogP contribution >= 0.6 is 12.4 Å². The first-order chi connectivity index (χ1) is 8.69. The number of nitrogens with two attached hydrogens (primary N) is 1. The Balaban J connectivity index is 0.00000361. The molecule has 0 fully saturated rings. The zero-order chi connectivity index (χ0) is 14.6. The van der Waals surface area contributed by atoms with Crippen LogP contribution in [0.4, 0.5) is 5.69 Å². The number of amides is 2. The van der Waals surface area contributed by atoms with Crippen LogP contribution in [0.5, 0.6) is 0 Å². The van der Waals surface area contributed by atoms with Gasteiger partial charge in [0.2, 0.25) is 5.91 Å². The van der Waals surface area contributed by atoms with Crippen molar-refractivity contribution in [3.63, 3.8) is 0 Å². The van der Waals surface area contributed by atoms with Gasteiger partial charge in [-0.2, -0.15) is 0 Å². The Bertz CT molecular complexity index is 464. The van der Waals surface area contributed by atoms with Crippen molar-refractivity contribution in [2.45, 2.75) is 39.3 Å². The van der Waals surface area contributed by atoms with Crippen LogP contribution in [-0.2, 0) is 4.79 Å². The normalized spacial score (nSPS) is 12.1. The molecule has 0 unspecified atom stereocenters. The average Bonchev–Trinajstić information content (AvgIpc) is 2.27. The monoisotopic (exact) mass is 299 g/mol. The number of nitrogens with one attached hydrogen (secondary N) is 2. The van der Waals surface area contributed by atoms with E-state index in [2.05, 4.69) is 10.6 Å². The summed E-state index contributed by atoms with van der Waals surface area (Å²) in [5.41, 5.74) is 6.35. The van der Waals surface area contributed by atoms with E-state index in [4.69, 9.17) is 5.73 Å². The van der Waals surface area contributed by atoms with Crippen molar-refractivity contribution in [2.75, 3.05) is 5.32 Å². The number of rotatable bonds is 3. The third-order valence-corrected chi connectivity index (χ3v) is 2.32. The summed E-state index contributed by atoms with van der Waals surface area (Å²) in [4.78, 5) is 23.3. The fourth-order valence-electron chi connectivity index (χ4n) is 1.37. The molecule has 0 spiro atoms. The lowest BCUT2D eigenvalue weighted by Crippen LogP contribution is -2.40. The van der Waals surface area contributed by atoms with Crippen LogP contribution in [0.25, 0.3) is 0 Å². The van der Waals surface area contributed by atoms with Crippen molar-refractivity contribution in [3.05, 3.63) is 29.8 Å². The van der Waals surface area contributed by atoms with Gasteiger partial charge in [-0.05, 0) is 52.0 Å². The minimum atomic E-state index is -0.566. The van der Waals surface area contributed by atoms with Crippen molar-refractivity contribution in [2.24, 2.45) is 5.73 Å². The molecule has 0 aromatic heterocycles. The summed E-state index contributed by atoms with van der Waals surface area (Å²) in [5.74, 6) is -0.399. The van der Waals surface area contributed by atoms with Gasteiger partial charge in [0.1, 0.15) is 0 Å². The molecule has 5 nitrogen and oxygen atoms in total. The van der Waals surface area contributed by atoms with Crippen LogP contribution in [0.3, 0.4) is 0 Å². The van der Waals surface area contributed by atoms with Gasteiger partial charge in [-0.3, -0.25) is 9.59 Å². The van der Waals surface area contributed by atoms with Crippen LogP contribution < -0.4 is 16.4 Å². The van der Waals surface area contributed by atoms with E-state index in [0.717, 1.165) is 0 Å². The molecule has 1 aromatic rings. The van der Waals surface area contributed by atoms with Crippen molar-refractivity contribution in [1.82, 2.24) is 5.32 Å². The van der Waals surface area contributed by atoms with E-state index in [1.54, 1.807) is 31.2 Å². The van der Waals surface area contributed by atoms with Gasteiger partial charge in [0.25, 0.3) is 5.91 Å². The molecular weight excluding hydrogens is 278 g/mol. The molecule has 0 saturated heterocycles. The predicted octanol–water partition coefficient (Wildman–Crippen LogP) is 1.92. The highest BCUT2D eigenvalue weighted by Crippen LogP contribution is 2.11. The van der Waals surface area contributed by atoms with Crippen molar-refractivity contribution in [3.8, 4) is 0 Å². The van der Waals surface area contributed by atoms with Crippen molar-refractivity contribution in [1.29, 1.82) is 0 Å². The van der Waals surface area contributed by atoms with Crippen molar-refractivity contribution < 1.29 is 9.59 Å². The molecule has 1 aromatic carbocycles. The van der Waals surface area contributed by atoms with Gasteiger partial charge in [0, 0.05) is 16.8 Å². The molecule has 6 heteroatoms. The van der Waals surface area contributed by atoms with Gasteiger partial charge < -0.3 is 16.4 Å². The smallest absolute Gasteiger partial charge is 0.251 e. The van der Waals surface area contributed by atoms with E-state index >= 15 is 0 Å². The van der Waals surface area contributed by atoms with E-state index in [1.807, 2.05) is 20.8 Å². The first-order valence-electron chi connectivity index (χ1n) is 6.18. The largest absolute Gasteiger partial charge is 0.347 e. The van der Waals surface area contributed by atoms with Crippen molar-refractivity contribution >= 4 is 29.9 Å². The van der Waals surface area contributed by atoms with Crippen LogP contribution in [0.1, 0.15) is 38.1 Å². The molecule has 4 N–H and O–H groups in total. The second-order valence-corrected chi connectivity index (χ2v) is 5.56. The van der Waals surface area contributed by atoms with E-state index in [-0.39, 0.29) is 29.8 Å². The first kappa shape index (κ1) is 18.4. The van der Waals surface area contributed by atoms with Gasteiger partial charge in [-0.25, -0.2) is 0 Å². The summed E-state index contributed by atoms with van der Waals surface area (Å²) in [6.07, 6.45) is 0. The standard InChI is InChI=1S/C14H21N3O2.ClH/c1-9(15)12(18)16-11-7-5-10(6-8-11)13(19)17-14(2,3)4;/h5-9H,15H2,1-4H3,(H,16,18)(H,17,19);1H/t9-;/m1./s1. The second-order valence-electron chi connectivity index (χ2n) is 5.56. The summed E-state index contributed by atoms with van der Waals surface area (Å²) in [5, 5.41) is 5.53. The molecule has 0 heterocycles. The van der Waals surface area contributed by atoms with Gasteiger partial charge in [0.15, 0.2) is 0 Å². The molecule has 0 saturated carbocycles. The number of benzene rings is 1. The summed E-state index contributed by atoms with van der Waals surface area (Å²) < 4.78 is 0. The number of anilines is 1. The fourth-order valence-corrected chi connectivity index (χ4v) is 1.37. The highest BCUT2D eigenvalue weighted by Gasteiger charge is 2.15. The highest BCUT2D eigenvalue weighted by molar-refractivity contribution is 5.97. The molecule has 0 radical (unpaired) electrons. The molecule has 0 aliphatic carbocycles. The molecule has 2 amide bonds. The zero-order valence-corrected chi connectivity index (χ0v) is 13.0. The predicted molar refractivity (Wildman–Crippen MR) is 83.2 cm³/mol. The highest BCUT2D eigenvalue weighted by atomic mass is 35.5. The Hall–Kier alpha value is -1.59. The third kappa shape index (κ3) is 6.04. The minimum absolute atomic E-state index is 0. The molecule has 1 rings (SSSR count). The van der Waals surface area contributed by atoms with Crippen LogP contribution in [0.2, 0.25) is 0 Å². The van der Waals surface area contributed by atoms with E-state index in [0.29, 0.717) is 11.3 Å². The second kappa shape index (κ2) is 7.26. The maximum absolute atomic E-state index is 11.9. The fraction of sp³-hybridized carbons (Fsp3) is 0.429. The SMILES string of the molecule is C[C@@H](N)C(=O)Nc1ccc(C(=O)NC(C)(C)C)cc1.Cl. The number of hydrogen-bond acceptors (Lipinski definition) is 3. The minimum Gasteiger partial charge on any atom is -0.347 e. The van der Waals surface area contributed by atoms with Crippen LogP contribution in [-0.4, -0.2) is 23.4 Å². The van der Waals surface area contributed by atoms with Crippen LogP contribution in [0.15, 0.2) is 24.3 Å². The molecule has 20 heavy (non-hydrogen) atoms. The van der Waals surface area contributed by atoms with Gasteiger partial charge in [-0.15, -0.1) is 12.4 Å². The lowest BCUT2D eigenvalue weighted by Gasteiger charge is -2.20. The average molecular weight is 300 g/mol. The number of carbonyl (C=O) groups excluding carboxylic acids is 2. The van der Waals surface area contributed by atoms with E-state index in [9.17, 15) is 9.59 Å². The summed E-state index contributed by atoms with van der Waals surface area (Å²) in [6.45, 7) is 7.37. The quantitative estimate of drug-likeness (QED) is 0.797. The Labute approximate surface area is 125 Å². The van der Waals surface area contributed by atoms with E-state index < -0.39 is 6.04 Å². The molecule has 0 aliphatic heterocycles. The number of carbonyl (C=O) groups is 2. The Morgan fingerprint density at radius 1 is 1.15 bits per heavy atom. The summed E-state index contributed by atoms with van der Waals surface area (Å²) in [6, 6.07) is 6.12. The molecular formula is C14H22ClN3O2. The number of halogens is 1. The van der Waals surface area contributed by atoms with Gasteiger partial charge in [-0.1, -0.05) is 0 Å². The topological polar surface area (TPSA) is 84.2 Å². The zero-order valence-electron chi connectivity index (χ0n) is 12.2. The Morgan fingerprint density at radius 2 is 1.65 bits per heavy atom. The summed E-state index contributed by atoms with van der Waals surface area (Å²) >= 11 is 0. The van der Waals surface area contributed by atoms with Gasteiger partial charge >= 0.3 is 0 Å². The lowest BCUT2D eigenvalue weighted by atomic mass is 10.1. The first-order valence-corrected chi connectivity index (χ1v) is 6.18. The maximum Gasteiger partial charge on any atom is 0.251 e. The van der Waals surface area contributed by atoms with E-state index in [1.165, 1.54) is 0 Å². The number of hydrogen-bond donors (Lipinski definition) is 3. The molecule has 0 bridgehead atoms. The molecule has 0 aliphatic rings.